The van der Waals surface area contributed by atoms with Crippen molar-refractivity contribution in [2.75, 3.05) is 0 Å². The Bertz CT molecular complexity index is 346. The molecule has 84 valence electrons. The van der Waals surface area contributed by atoms with Gasteiger partial charge in [0.15, 0.2) is 0 Å². The van der Waals surface area contributed by atoms with E-state index in [2.05, 4.69) is 20.8 Å². The van der Waals surface area contributed by atoms with Crippen LogP contribution in [0.5, 0.6) is 0 Å². The molecular weight excluding hydrogens is 189 g/mol. The molecule has 0 aliphatic carbocycles. The van der Waals surface area contributed by atoms with Crippen LogP contribution in [0, 0.1) is 18.7 Å². The molecule has 2 heteroatoms. The second-order valence-corrected chi connectivity index (χ2v) is 4.51. The van der Waals surface area contributed by atoms with Gasteiger partial charge in [-0.05, 0) is 36.5 Å². The Kier molecular flexibility index (Phi) is 3.50. The fourth-order valence-electron chi connectivity index (χ4n) is 1.88. The van der Waals surface area contributed by atoms with E-state index < -0.39 is 0 Å². The second-order valence-electron chi connectivity index (χ2n) is 4.51. The maximum absolute atomic E-state index is 13.2. The van der Waals surface area contributed by atoms with Crippen molar-refractivity contribution >= 4 is 0 Å². The van der Waals surface area contributed by atoms with E-state index in [1.54, 1.807) is 13.0 Å². The highest BCUT2D eigenvalue weighted by atomic mass is 19.1. The summed E-state index contributed by atoms with van der Waals surface area (Å²) in [5.74, 6) is 0.174. The van der Waals surface area contributed by atoms with Crippen LogP contribution in [-0.2, 0) is 5.54 Å². The quantitative estimate of drug-likeness (QED) is 0.811. The maximum atomic E-state index is 13.2. The van der Waals surface area contributed by atoms with Gasteiger partial charge in [-0.2, -0.15) is 0 Å². The third-order valence-corrected chi connectivity index (χ3v) is 3.31. The number of nitrogens with two attached hydrogens (primary N) is 1. The van der Waals surface area contributed by atoms with Gasteiger partial charge in [-0.25, -0.2) is 4.39 Å². The normalized spacial score (nSPS) is 15.4. The van der Waals surface area contributed by atoms with Gasteiger partial charge in [0.1, 0.15) is 5.82 Å². The largest absolute Gasteiger partial charge is 0.321 e. The molecule has 0 aromatic heterocycles. The van der Waals surface area contributed by atoms with E-state index in [4.69, 9.17) is 5.73 Å². The number of halogens is 1. The Morgan fingerprint density at radius 1 is 1.40 bits per heavy atom. The van der Waals surface area contributed by atoms with Crippen molar-refractivity contribution in [2.24, 2.45) is 11.7 Å². The average molecular weight is 209 g/mol. The van der Waals surface area contributed by atoms with Gasteiger partial charge in [-0.3, -0.25) is 0 Å². The molecule has 0 fully saturated rings. The van der Waals surface area contributed by atoms with Crippen LogP contribution in [0.4, 0.5) is 4.39 Å². The van der Waals surface area contributed by atoms with Crippen LogP contribution in [-0.4, -0.2) is 0 Å². The molecule has 1 atom stereocenters. The fraction of sp³-hybridized carbons (Fsp3) is 0.538. The van der Waals surface area contributed by atoms with Crippen LogP contribution < -0.4 is 5.73 Å². The zero-order chi connectivity index (χ0) is 11.6. The lowest BCUT2D eigenvalue weighted by molar-refractivity contribution is 0.305. The number of benzene rings is 1. The van der Waals surface area contributed by atoms with Gasteiger partial charge < -0.3 is 5.73 Å². The first-order valence-electron chi connectivity index (χ1n) is 5.47. The first kappa shape index (κ1) is 12.2. The molecule has 1 rings (SSSR count). The molecule has 0 saturated heterocycles. The van der Waals surface area contributed by atoms with E-state index in [1.165, 1.54) is 6.07 Å². The summed E-state index contributed by atoms with van der Waals surface area (Å²) in [5.41, 5.74) is 7.70. The highest BCUT2D eigenvalue weighted by Crippen LogP contribution is 2.30. The topological polar surface area (TPSA) is 26.0 Å². The second kappa shape index (κ2) is 4.31. The van der Waals surface area contributed by atoms with Gasteiger partial charge in [0.25, 0.3) is 0 Å². The predicted octanol–water partition coefficient (Wildman–Crippen LogP) is 3.35. The monoisotopic (exact) mass is 209 g/mol. The van der Waals surface area contributed by atoms with E-state index in [1.807, 2.05) is 6.07 Å². The number of hydrogen-bond donors (Lipinski definition) is 1. The smallest absolute Gasteiger partial charge is 0.126 e. The standard InChI is InChI=1S/C13H20FN/c1-5-13(15,9(2)3)11-6-7-12(14)10(4)8-11/h6-9H,5,15H2,1-4H3. The molecule has 1 nitrogen and oxygen atoms in total. The summed E-state index contributed by atoms with van der Waals surface area (Å²) < 4.78 is 13.2. The van der Waals surface area contributed by atoms with Gasteiger partial charge in [0, 0.05) is 5.54 Å². The summed E-state index contributed by atoms with van der Waals surface area (Å²) in [4.78, 5) is 0. The summed E-state index contributed by atoms with van der Waals surface area (Å²) in [6, 6.07) is 5.16. The molecule has 0 aliphatic heterocycles. The Labute approximate surface area is 91.5 Å². The predicted molar refractivity (Wildman–Crippen MR) is 62.1 cm³/mol. The minimum Gasteiger partial charge on any atom is -0.321 e. The molecule has 1 aromatic carbocycles. The van der Waals surface area contributed by atoms with E-state index in [0.29, 0.717) is 11.5 Å². The lowest BCUT2D eigenvalue weighted by Gasteiger charge is -2.33. The zero-order valence-corrected chi connectivity index (χ0v) is 9.97. The maximum Gasteiger partial charge on any atom is 0.126 e. The molecule has 15 heavy (non-hydrogen) atoms. The van der Waals surface area contributed by atoms with Crippen molar-refractivity contribution in [2.45, 2.75) is 39.7 Å². The summed E-state index contributed by atoms with van der Waals surface area (Å²) >= 11 is 0. The van der Waals surface area contributed by atoms with E-state index in [9.17, 15) is 4.39 Å². The molecule has 0 amide bonds. The zero-order valence-electron chi connectivity index (χ0n) is 9.97. The van der Waals surface area contributed by atoms with Crippen molar-refractivity contribution in [3.8, 4) is 0 Å². The van der Waals surface area contributed by atoms with E-state index in [0.717, 1.165) is 12.0 Å². The molecule has 0 radical (unpaired) electrons. The number of rotatable bonds is 3. The van der Waals surface area contributed by atoms with Crippen LogP contribution in [0.15, 0.2) is 18.2 Å². The Morgan fingerprint density at radius 3 is 2.40 bits per heavy atom. The number of aryl methyl sites for hydroxylation is 1. The third kappa shape index (κ3) is 2.20. The third-order valence-electron chi connectivity index (χ3n) is 3.31. The molecule has 0 spiro atoms. The highest BCUT2D eigenvalue weighted by molar-refractivity contribution is 5.30. The van der Waals surface area contributed by atoms with Crippen molar-refractivity contribution in [1.82, 2.24) is 0 Å². The number of hydrogen-bond acceptors (Lipinski definition) is 1. The lowest BCUT2D eigenvalue weighted by Crippen LogP contribution is -2.41. The van der Waals surface area contributed by atoms with Gasteiger partial charge in [0.05, 0.1) is 0 Å². The van der Waals surface area contributed by atoms with Crippen molar-refractivity contribution in [3.05, 3.63) is 35.1 Å². The minimum atomic E-state index is -0.349. The summed E-state index contributed by atoms with van der Waals surface area (Å²) in [6.45, 7) is 8.04. The Morgan fingerprint density at radius 2 is 2.00 bits per heavy atom. The van der Waals surface area contributed by atoms with Crippen molar-refractivity contribution in [1.29, 1.82) is 0 Å². The molecule has 0 aliphatic rings. The van der Waals surface area contributed by atoms with E-state index >= 15 is 0 Å². The SMILES string of the molecule is CCC(N)(c1ccc(F)c(C)c1)C(C)C. The molecule has 0 heterocycles. The van der Waals surface area contributed by atoms with Gasteiger partial charge in [0.2, 0.25) is 0 Å². The van der Waals surface area contributed by atoms with Crippen molar-refractivity contribution in [3.63, 3.8) is 0 Å². The highest BCUT2D eigenvalue weighted by Gasteiger charge is 2.29. The van der Waals surface area contributed by atoms with Gasteiger partial charge >= 0.3 is 0 Å². The van der Waals surface area contributed by atoms with Crippen LogP contribution in [0.3, 0.4) is 0 Å². The Balaban J connectivity index is 3.19. The van der Waals surface area contributed by atoms with Crippen molar-refractivity contribution < 1.29 is 4.39 Å². The molecule has 1 aromatic rings. The molecule has 2 N–H and O–H groups in total. The Hall–Kier alpha value is -0.890. The molecular formula is C13H20FN. The molecule has 0 saturated carbocycles. The lowest BCUT2D eigenvalue weighted by atomic mass is 9.78. The van der Waals surface area contributed by atoms with Gasteiger partial charge in [-0.1, -0.05) is 32.9 Å². The molecule has 1 unspecified atom stereocenters. The van der Waals surface area contributed by atoms with E-state index in [-0.39, 0.29) is 11.4 Å². The van der Waals surface area contributed by atoms with Gasteiger partial charge in [-0.15, -0.1) is 0 Å². The summed E-state index contributed by atoms with van der Waals surface area (Å²) in [7, 11) is 0. The first-order valence-corrected chi connectivity index (χ1v) is 5.47. The minimum absolute atomic E-state index is 0.166. The van der Waals surface area contributed by atoms with Crippen LogP contribution in [0.2, 0.25) is 0 Å². The summed E-state index contributed by atoms with van der Waals surface area (Å²) in [5, 5.41) is 0. The van der Waals surface area contributed by atoms with Crippen LogP contribution in [0.1, 0.15) is 38.3 Å². The fourth-order valence-corrected chi connectivity index (χ4v) is 1.88. The first-order chi connectivity index (χ1) is 6.91. The average Bonchev–Trinajstić information content (AvgIpc) is 2.20. The summed E-state index contributed by atoms with van der Waals surface area (Å²) in [6.07, 6.45) is 0.857. The molecule has 0 bridgehead atoms. The van der Waals surface area contributed by atoms with Crippen LogP contribution in [0.25, 0.3) is 0 Å². The van der Waals surface area contributed by atoms with Crippen LogP contribution >= 0.6 is 0 Å².